The number of nitrogens with two attached hydrogens (primary N) is 2. The molecule has 18 heavy (non-hydrogen) atoms. The fourth-order valence-electron chi connectivity index (χ4n) is 1.48. The number of carbonyl (C=O) groups is 2. The number of carboxylic acids is 1. The van der Waals surface area contributed by atoms with E-state index >= 15 is 0 Å². The van der Waals surface area contributed by atoms with Crippen molar-refractivity contribution in [2.45, 2.75) is 32.7 Å². The summed E-state index contributed by atoms with van der Waals surface area (Å²) in [6, 6.07) is -1.17. The van der Waals surface area contributed by atoms with Crippen molar-refractivity contribution in [3.8, 4) is 0 Å². The predicted octanol–water partition coefficient (Wildman–Crippen LogP) is 0.374. The molecular formula is C11H23ClN2O4. The van der Waals surface area contributed by atoms with Gasteiger partial charge < -0.3 is 21.3 Å². The molecule has 2 atom stereocenters. The van der Waals surface area contributed by atoms with Crippen molar-refractivity contribution >= 4 is 24.3 Å². The summed E-state index contributed by atoms with van der Waals surface area (Å²) in [5.41, 5.74) is 10.8. The molecule has 0 amide bonds. The van der Waals surface area contributed by atoms with E-state index in [0.29, 0.717) is 12.5 Å². The second-order valence-corrected chi connectivity index (χ2v) is 4.56. The zero-order valence-corrected chi connectivity index (χ0v) is 11.6. The number of aliphatic carboxylic acids is 1. The highest BCUT2D eigenvalue weighted by Gasteiger charge is 2.18. The number of halogens is 1. The minimum Gasteiger partial charge on any atom is -0.480 e. The third-order valence-electron chi connectivity index (χ3n) is 2.33. The lowest BCUT2D eigenvalue weighted by molar-refractivity contribution is -0.148. The average molecular weight is 283 g/mol. The van der Waals surface area contributed by atoms with Gasteiger partial charge in [0.05, 0.1) is 0 Å². The van der Waals surface area contributed by atoms with Crippen LogP contribution in [0.25, 0.3) is 0 Å². The van der Waals surface area contributed by atoms with E-state index in [9.17, 15) is 9.59 Å². The van der Waals surface area contributed by atoms with Gasteiger partial charge in [0.2, 0.25) is 0 Å². The Kier molecular flexibility index (Phi) is 10.9. The van der Waals surface area contributed by atoms with Gasteiger partial charge in [-0.2, -0.15) is 0 Å². The molecule has 0 spiro atoms. The second-order valence-electron chi connectivity index (χ2n) is 4.56. The van der Waals surface area contributed by atoms with Gasteiger partial charge in [-0.25, -0.2) is 0 Å². The topological polar surface area (TPSA) is 116 Å². The van der Waals surface area contributed by atoms with Crippen molar-refractivity contribution in [2.75, 3.05) is 13.2 Å². The minimum absolute atomic E-state index is 0. The molecule has 6 nitrogen and oxygen atoms in total. The van der Waals surface area contributed by atoms with Gasteiger partial charge in [0, 0.05) is 6.42 Å². The van der Waals surface area contributed by atoms with Gasteiger partial charge >= 0.3 is 11.9 Å². The molecule has 0 aliphatic carbocycles. The lowest BCUT2D eigenvalue weighted by atomic mass is 9.94. The van der Waals surface area contributed by atoms with E-state index in [0.717, 1.165) is 6.42 Å². The summed E-state index contributed by atoms with van der Waals surface area (Å²) >= 11 is 0. The number of hydrogen-bond donors (Lipinski definition) is 3. The standard InChI is InChI=1S/C11H22N2O4.ClH/c1-7(2)3-8(5-12)4-10(14)17-6-9(13)11(15)16;/h7-9H,3-6,12-13H2,1-2H3,(H,15,16);1H/t8-,9-;/m0./s1. The number of ether oxygens (including phenoxy) is 1. The minimum atomic E-state index is -1.18. The van der Waals surface area contributed by atoms with Crippen molar-refractivity contribution in [1.29, 1.82) is 0 Å². The molecule has 0 aliphatic rings. The Morgan fingerprint density at radius 2 is 1.89 bits per heavy atom. The highest BCUT2D eigenvalue weighted by Crippen LogP contribution is 2.14. The van der Waals surface area contributed by atoms with Crippen LogP contribution in [0.4, 0.5) is 0 Å². The van der Waals surface area contributed by atoms with Crippen molar-refractivity contribution in [2.24, 2.45) is 23.3 Å². The van der Waals surface area contributed by atoms with Gasteiger partial charge in [-0.05, 0) is 24.8 Å². The van der Waals surface area contributed by atoms with E-state index in [1.807, 2.05) is 13.8 Å². The Labute approximate surface area is 113 Å². The molecule has 0 aromatic heterocycles. The van der Waals surface area contributed by atoms with Gasteiger partial charge in [0.15, 0.2) is 0 Å². The molecule has 0 fully saturated rings. The molecule has 0 saturated carbocycles. The molecule has 5 N–H and O–H groups in total. The highest BCUT2D eigenvalue weighted by molar-refractivity contribution is 5.85. The van der Waals surface area contributed by atoms with Crippen molar-refractivity contribution in [3.05, 3.63) is 0 Å². The zero-order valence-electron chi connectivity index (χ0n) is 10.8. The van der Waals surface area contributed by atoms with Gasteiger partial charge in [0.1, 0.15) is 12.6 Å². The number of esters is 1. The monoisotopic (exact) mass is 282 g/mol. The molecule has 0 unspecified atom stereocenters. The molecule has 7 heteroatoms. The van der Waals surface area contributed by atoms with E-state index in [-0.39, 0.29) is 31.4 Å². The molecule has 0 aromatic rings. The van der Waals surface area contributed by atoms with Crippen molar-refractivity contribution < 1.29 is 19.4 Å². The van der Waals surface area contributed by atoms with Crippen LogP contribution in [-0.2, 0) is 14.3 Å². The van der Waals surface area contributed by atoms with Crippen LogP contribution < -0.4 is 11.5 Å². The third-order valence-corrected chi connectivity index (χ3v) is 2.33. The van der Waals surface area contributed by atoms with E-state index in [1.165, 1.54) is 0 Å². The van der Waals surface area contributed by atoms with Gasteiger partial charge in [-0.15, -0.1) is 12.4 Å². The van der Waals surface area contributed by atoms with Gasteiger partial charge in [0.25, 0.3) is 0 Å². The summed E-state index contributed by atoms with van der Waals surface area (Å²) < 4.78 is 4.78. The lowest BCUT2D eigenvalue weighted by Gasteiger charge is -2.16. The molecule has 0 radical (unpaired) electrons. The van der Waals surface area contributed by atoms with Crippen LogP contribution in [0, 0.1) is 11.8 Å². The summed E-state index contributed by atoms with van der Waals surface area (Å²) in [7, 11) is 0. The average Bonchev–Trinajstić information content (AvgIpc) is 2.23. The van der Waals surface area contributed by atoms with Crippen molar-refractivity contribution in [3.63, 3.8) is 0 Å². The summed E-state index contributed by atoms with van der Waals surface area (Å²) in [4.78, 5) is 21.8. The maximum atomic E-state index is 11.4. The molecular weight excluding hydrogens is 260 g/mol. The Morgan fingerprint density at radius 3 is 2.28 bits per heavy atom. The van der Waals surface area contributed by atoms with Crippen LogP contribution in [0.2, 0.25) is 0 Å². The van der Waals surface area contributed by atoms with Crippen LogP contribution in [-0.4, -0.2) is 36.2 Å². The van der Waals surface area contributed by atoms with E-state index in [1.54, 1.807) is 0 Å². The molecule has 108 valence electrons. The maximum absolute atomic E-state index is 11.4. The third kappa shape index (κ3) is 9.21. The largest absolute Gasteiger partial charge is 0.480 e. The maximum Gasteiger partial charge on any atom is 0.324 e. The fourth-order valence-corrected chi connectivity index (χ4v) is 1.48. The predicted molar refractivity (Wildman–Crippen MR) is 70.4 cm³/mol. The summed E-state index contributed by atoms with van der Waals surface area (Å²) in [6.07, 6.45) is 1.05. The number of carbonyl (C=O) groups excluding carboxylic acids is 1. The van der Waals surface area contributed by atoms with Crippen LogP contribution in [0.15, 0.2) is 0 Å². The highest BCUT2D eigenvalue weighted by atomic mass is 35.5. The second kappa shape index (κ2) is 10.1. The summed E-state index contributed by atoms with van der Waals surface area (Å²) in [6.45, 7) is 4.22. The van der Waals surface area contributed by atoms with Crippen LogP contribution in [0.5, 0.6) is 0 Å². The van der Waals surface area contributed by atoms with Gasteiger partial charge in [-0.1, -0.05) is 13.8 Å². The van der Waals surface area contributed by atoms with E-state index in [2.05, 4.69) is 0 Å². The first-order valence-corrected chi connectivity index (χ1v) is 5.70. The molecule has 0 rings (SSSR count). The van der Waals surface area contributed by atoms with Crippen LogP contribution >= 0.6 is 12.4 Å². The number of carboxylic acid groups (broad SMARTS) is 1. The van der Waals surface area contributed by atoms with Crippen LogP contribution in [0.3, 0.4) is 0 Å². The molecule has 0 heterocycles. The summed E-state index contributed by atoms with van der Waals surface area (Å²) in [5.74, 6) is -1.10. The Bertz CT molecular complexity index is 261. The molecule has 0 aliphatic heterocycles. The molecule has 0 saturated heterocycles. The van der Waals surface area contributed by atoms with E-state index < -0.39 is 18.0 Å². The quantitative estimate of drug-likeness (QED) is 0.554. The normalized spacial score (nSPS) is 13.6. The molecule has 0 bridgehead atoms. The van der Waals surface area contributed by atoms with Crippen LogP contribution in [0.1, 0.15) is 26.7 Å². The number of rotatable bonds is 8. The first kappa shape index (κ1) is 19.5. The smallest absolute Gasteiger partial charge is 0.324 e. The Morgan fingerprint density at radius 1 is 1.33 bits per heavy atom. The zero-order chi connectivity index (χ0) is 13.4. The number of hydrogen-bond acceptors (Lipinski definition) is 5. The Hall–Kier alpha value is -0.850. The van der Waals surface area contributed by atoms with Crippen molar-refractivity contribution in [1.82, 2.24) is 0 Å². The summed E-state index contributed by atoms with van der Waals surface area (Å²) in [5, 5.41) is 8.51. The first-order chi connectivity index (χ1) is 7.86. The molecule has 0 aromatic carbocycles. The fraction of sp³-hybridized carbons (Fsp3) is 0.818. The Balaban J connectivity index is 0. The lowest BCUT2D eigenvalue weighted by Crippen LogP contribution is -2.36. The SMILES string of the molecule is CC(C)C[C@H](CN)CC(=O)OC[C@H](N)C(=O)O.Cl. The van der Waals surface area contributed by atoms with Gasteiger partial charge in [-0.3, -0.25) is 9.59 Å². The first-order valence-electron chi connectivity index (χ1n) is 5.70. The van der Waals surface area contributed by atoms with E-state index in [4.69, 9.17) is 21.3 Å².